The fourth-order valence-corrected chi connectivity index (χ4v) is 7.90. The SMILES string of the molecule is O=P(c1ccccc1)(c1ccccc1)c1cccc(-c2nc3ccccc3c3c2oc2ccccc23)c1. The lowest BCUT2D eigenvalue weighted by molar-refractivity contribution is 0.592. The summed E-state index contributed by atoms with van der Waals surface area (Å²) < 4.78 is 21.4. The first-order valence-corrected chi connectivity index (χ1v) is 14.0. The lowest BCUT2D eigenvalue weighted by Crippen LogP contribution is -2.25. The van der Waals surface area contributed by atoms with Gasteiger partial charge in [-0.1, -0.05) is 115 Å². The molecule has 0 fully saturated rings. The van der Waals surface area contributed by atoms with E-state index in [1.807, 2.05) is 121 Å². The van der Waals surface area contributed by atoms with Crippen LogP contribution in [-0.2, 0) is 4.57 Å². The number of aromatic nitrogens is 1. The van der Waals surface area contributed by atoms with Gasteiger partial charge in [-0.15, -0.1) is 0 Å². The van der Waals surface area contributed by atoms with Crippen LogP contribution < -0.4 is 15.9 Å². The number of furan rings is 1. The Hall–Kier alpha value is -4.46. The van der Waals surface area contributed by atoms with E-state index in [2.05, 4.69) is 12.1 Å². The van der Waals surface area contributed by atoms with E-state index in [-0.39, 0.29) is 0 Å². The Bertz CT molecular complexity index is 1920. The van der Waals surface area contributed by atoms with Crippen molar-refractivity contribution in [1.29, 1.82) is 0 Å². The van der Waals surface area contributed by atoms with E-state index < -0.39 is 7.14 Å². The summed E-state index contributed by atoms with van der Waals surface area (Å²) in [4.78, 5) is 5.05. The molecule has 2 aromatic heterocycles. The molecule has 0 aliphatic heterocycles. The minimum Gasteiger partial charge on any atom is -0.454 e. The van der Waals surface area contributed by atoms with Crippen LogP contribution in [-0.4, -0.2) is 4.98 Å². The van der Waals surface area contributed by atoms with Gasteiger partial charge < -0.3 is 8.98 Å². The van der Waals surface area contributed by atoms with Crippen LogP contribution >= 0.6 is 7.14 Å². The van der Waals surface area contributed by atoms with Gasteiger partial charge in [-0.3, -0.25) is 0 Å². The largest absolute Gasteiger partial charge is 0.454 e. The fraction of sp³-hybridized carbons (Fsp3) is 0. The van der Waals surface area contributed by atoms with Gasteiger partial charge >= 0.3 is 0 Å². The normalized spacial score (nSPS) is 11.9. The standard InChI is InChI=1S/C33H22NO2P/c35-37(24-13-3-1-4-14-24,25-15-5-2-6-16-25)26-17-11-12-23(22-26)32-33-31(27-18-7-9-20-29(27)34-32)28-19-8-10-21-30(28)36-33/h1-22H. The summed E-state index contributed by atoms with van der Waals surface area (Å²) in [7, 11) is -3.12. The lowest BCUT2D eigenvalue weighted by atomic mass is 10.0. The number of rotatable bonds is 4. The van der Waals surface area contributed by atoms with Crippen molar-refractivity contribution in [3.63, 3.8) is 0 Å². The highest BCUT2D eigenvalue weighted by atomic mass is 31.2. The Labute approximate surface area is 214 Å². The minimum absolute atomic E-state index is 0.742. The van der Waals surface area contributed by atoms with Gasteiger partial charge in [0.1, 0.15) is 11.3 Å². The summed E-state index contributed by atoms with van der Waals surface area (Å²) >= 11 is 0. The van der Waals surface area contributed by atoms with Crippen molar-refractivity contribution in [2.45, 2.75) is 0 Å². The molecule has 0 aliphatic carbocycles. The molecule has 7 aromatic rings. The van der Waals surface area contributed by atoms with Crippen LogP contribution in [0, 0.1) is 0 Å². The van der Waals surface area contributed by atoms with Gasteiger partial charge in [-0.05, 0) is 18.2 Å². The molecule has 4 heteroatoms. The van der Waals surface area contributed by atoms with E-state index in [0.29, 0.717) is 0 Å². The monoisotopic (exact) mass is 495 g/mol. The Balaban J connectivity index is 1.52. The summed E-state index contributed by atoms with van der Waals surface area (Å²) in [5.74, 6) is 0. The Morgan fingerprint density at radius 3 is 1.89 bits per heavy atom. The summed E-state index contributed by atoms with van der Waals surface area (Å²) in [5, 5.41) is 5.55. The highest BCUT2D eigenvalue weighted by molar-refractivity contribution is 7.85. The van der Waals surface area contributed by atoms with Crippen LogP contribution in [0.25, 0.3) is 44.1 Å². The second-order valence-corrected chi connectivity index (χ2v) is 11.9. The zero-order valence-corrected chi connectivity index (χ0v) is 20.8. The van der Waals surface area contributed by atoms with Crippen LogP contribution in [0.4, 0.5) is 0 Å². The van der Waals surface area contributed by atoms with Crippen molar-refractivity contribution in [2.75, 3.05) is 0 Å². The summed E-state index contributed by atoms with van der Waals surface area (Å²) in [6.07, 6.45) is 0. The first-order valence-electron chi connectivity index (χ1n) is 12.3. The van der Waals surface area contributed by atoms with Crippen molar-refractivity contribution < 1.29 is 8.98 Å². The Kier molecular flexibility index (Phi) is 5.06. The zero-order valence-electron chi connectivity index (χ0n) is 19.9. The summed E-state index contributed by atoms with van der Waals surface area (Å²) in [6, 6.07) is 43.7. The van der Waals surface area contributed by atoms with E-state index in [1.54, 1.807) is 0 Å². The molecule has 3 nitrogen and oxygen atoms in total. The maximum Gasteiger partial charge on any atom is 0.171 e. The second-order valence-electron chi connectivity index (χ2n) is 9.11. The van der Waals surface area contributed by atoms with Gasteiger partial charge in [0.2, 0.25) is 0 Å². The minimum atomic E-state index is -3.12. The number of para-hydroxylation sites is 2. The predicted molar refractivity (Wildman–Crippen MR) is 154 cm³/mol. The molecule has 0 amide bonds. The van der Waals surface area contributed by atoms with Crippen LogP contribution in [0.2, 0.25) is 0 Å². The second kappa shape index (κ2) is 8.58. The molecule has 0 saturated heterocycles. The van der Waals surface area contributed by atoms with E-state index in [9.17, 15) is 4.57 Å². The molecule has 37 heavy (non-hydrogen) atoms. The van der Waals surface area contributed by atoms with Crippen LogP contribution in [0.15, 0.2) is 138 Å². The molecule has 0 spiro atoms. The number of pyridine rings is 1. The molecule has 0 saturated carbocycles. The topological polar surface area (TPSA) is 43.1 Å². The third-order valence-corrected chi connectivity index (χ3v) is 10.00. The number of benzene rings is 5. The van der Waals surface area contributed by atoms with Crippen molar-refractivity contribution >= 4 is 55.9 Å². The van der Waals surface area contributed by atoms with Crippen molar-refractivity contribution in [3.8, 4) is 11.3 Å². The molecule has 0 bridgehead atoms. The van der Waals surface area contributed by atoms with Crippen LogP contribution in [0.5, 0.6) is 0 Å². The quantitative estimate of drug-likeness (QED) is 0.238. The molecule has 0 atom stereocenters. The highest BCUT2D eigenvalue weighted by Gasteiger charge is 2.30. The van der Waals surface area contributed by atoms with Gasteiger partial charge in [-0.2, -0.15) is 0 Å². The average molecular weight is 496 g/mol. The molecular formula is C33H22NO2P. The predicted octanol–water partition coefficient (Wildman–Crippen LogP) is 7.44. The van der Waals surface area contributed by atoms with Crippen molar-refractivity contribution in [2.24, 2.45) is 0 Å². The lowest BCUT2D eigenvalue weighted by Gasteiger charge is -2.20. The molecule has 0 N–H and O–H groups in total. The molecular weight excluding hydrogens is 473 g/mol. The Morgan fingerprint density at radius 1 is 0.568 bits per heavy atom. The third-order valence-electron chi connectivity index (χ3n) is 6.94. The molecule has 0 radical (unpaired) electrons. The maximum atomic E-state index is 15.0. The van der Waals surface area contributed by atoms with Gasteiger partial charge in [0, 0.05) is 37.6 Å². The van der Waals surface area contributed by atoms with Gasteiger partial charge in [0.15, 0.2) is 12.7 Å². The third kappa shape index (κ3) is 3.43. The van der Waals surface area contributed by atoms with Crippen LogP contribution in [0.1, 0.15) is 0 Å². The van der Waals surface area contributed by atoms with Crippen LogP contribution in [0.3, 0.4) is 0 Å². The number of hydrogen-bond acceptors (Lipinski definition) is 3. The molecule has 176 valence electrons. The summed E-state index contributed by atoms with van der Waals surface area (Å²) in [5.41, 5.74) is 4.09. The number of nitrogens with zero attached hydrogens (tertiary/aromatic N) is 1. The average Bonchev–Trinajstić information content (AvgIpc) is 3.37. The molecule has 0 unspecified atom stereocenters. The molecule has 7 rings (SSSR count). The first kappa shape index (κ1) is 21.8. The summed E-state index contributed by atoms with van der Waals surface area (Å²) in [6.45, 7) is 0. The molecule has 0 aliphatic rings. The fourth-order valence-electron chi connectivity index (χ4n) is 5.20. The molecule has 5 aromatic carbocycles. The van der Waals surface area contributed by atoms with E-state index in [4.69, 9.17) is 9.40 Å². The number of hydrogen-bond donors (Lipinski definition) is 0. The maximum absolute atomic E-state index is 15.0. The zero-order chi connectivity index (χ0) is 24.8. The number of fused-ring (bicyclic) bond motifs is 5. The molecule has 2 heterocycles. The van der Waals surface area contributed by atoms with E-state index in [1.165, 1.54) is 0 Å². The van der Waals surface area contributed by atoms with Gasteiger partial charge in [-0.25, -0.2) is 4.98 Å². The Morgan fingerprint density at radius 2 is 1.16 bits per heavy atom. The van der Waals surface area contributed by atoms with E-state index >= 15 is 0 Å². The first-order chi connectivity index (χ1) is 18.2. The van der Waals surface area contributed by atoms with Crippen molar-refractivity contribution in [1.82, 2.24) is 4.98 Å². The highest BCUT2D eigenvalue weighted by Crippen LogP contribution is 2.44. The van der Waals surface area contributed by atoms with Gasteiger partial charge in [0.05, 0.1) is 5.52 Å². The van der Waals surface area contributed by atoms with E-state index in [0.717, 1.165) is 60.0 Å². The van der Waals surface area contributed by atoms with Gasteiger partial charge in [0.25, 0.3) is 0 Å². The van der Waals surface area contributed by atoms with Crippen molar-refractivity contribution in [3.05, 3.63) is 133 Å². The smallest absolute Gasteiger partial charge is 0.171 e.